The molecule has 0 radical (unpaired) electrons. The number of unbranched alkanes of at least 4 members (excludes halogenated alkanes) is 3. The predicted molar refractivity (Wildman–Crippen MR) is 90.8 cm³/mol. The number of nitrogens with one attached hydrogen (secondary N) is 1. The molecule has 0 aliphatic carbocycles. The largest absolute Gasteiger partial charge is 0.491 e. The highest BCUT2D eigenvalue weighted by Gasteiger charge is 2.03. The molecular formula is C16H26N2O2S. The summed E-state index contributed by atoms with van der Waals surface area (Å²) in [6.07, 6.45) is 7.23. The van der Waals surface area contributed by atoms with Crippen molar-refractivity contribution >= 4 is 23.4 Å². The smallest absolute Gasteiger partial charge is 0.223 e. The lowest BCUT2D eigenvalue weighted by Crippen LogP contribution is -2.25. The quantitative estimate of drug-likeness (QED) is 0.487. The molecule has 0 heterocycles. The van der Waals surface area contributed by atoms with Crippen molar-refractivity contribution in [1.29, 1.82) is 0 Å². The zero-order valence-electron chi connectivity index (χ0n) is 12.8. The third-order valence-electron chi connectivity index (χ3n) is 3.10. The molecule has 118 valence electrons. The minimum atomic E-state index is 0.0358. The van der Waals surface area contributed by atoms with Crippen molar-refractivity contribution in [3.8, 4) is 5.75 Å². The Labute approximate surface area is 131 Å². The van der Waals surface area contributed by atoms with Gasteiger partial charge >= 0.3 is 0 Å². The topological polar surface area (TPSA) is 64.3 Å². The van der Waals surface area contributed by atoms with E-state index in [0.29, 0.717) is 24.5 Å². The lowest BCUT2D eigenvalue weighted by Gasteiger charge is -2.09. The van der Waals surface area contributed by atoms with Gasteiger partial charge in [-0.25, -0.2) is 0 Å². The highest BCUT2D eigenvalue weighted by Crippen LogP contribution is 2.19. The Morgan fingerprint density at radius 3 is 2.76 bits per heavy atom. The van der Waals surface area contributed by atoms with Crippen LogP contribution in [0.5, 0.6) is 5.75 Å². The van der Waals surface area contributed by atoms with Crippen LogP contribution in [0.4, 0.5) is 5.69 Å². The Balaban J connectivity index is 2.00. The van der Waals surface area contributed by atoms with Crippen LogP contribution in [0.3, 0.4) is 0 Å². The number of rotatable bonds is 11. The van der Waals surface area contributed by atoms with E-state index in [2.05, 4.69) is 11.6 Å². The molecule has 0 aromatic heterocycles. The van der Waals surface area contributed by atoms with Gasteiger partial charge in [-0.1, -0.05) is 25.0 Å². The van der Waals surface area contributed by atoms with E-state index in [9.17, 15) is 4.79 Å². The molecule has 0 aliphatic rings. The van der Waals surface area contributed by atoms with E-state index in [1.807, 2.05) is 30.0 Å². The molecule has 21 heavy (non-hydrogen) atoms. The van der Waals surface area contributed by atoms with Gasteiger partial charge in [0.15, 0.2) is 0 Å². The van der Waals surface area contributed by atoms with Gasteiger partial charge in [0.05, 0.1) is 18.7 Å². The fourth-order valence-corrected chi connectivity index (χ4v) is 2.40. The van der Waals surface area contributed by atoms with Crippen LogP contribution in [0.25, 0.3) is 0 Å². The maximum Gasteiger partial charge on any atom is 0.223 e. The van der Waals surface area contributed by atoms with Crippen LogP contribution in [0, 0.1) is 0 Å². The summed E-state index contributed by atoms with van der Waals surface area (Å²) >= 11 is 1.89. The average Bonchev–Trinajstić information content (AvgIpc) is 2.48. The van der Waals surface area contributed by atoms with Gasteiger partial charge < -0.3 is 15.8 Å². The summed E-state index contributed by atoms with van der Waals surface area (Å²) < 4.78 is 5.49. The maximum atomic E-state index is 11.6. The zero-order chi connectivity index (χ0) is 15.3. The van der Waals surface area contributed by atoms with Crippen LogP contribution in [-0.4, -0.2) is 31.1 Å². The molecule has 4 nitrogen and oxygen atoms in total. The molecule has 1 amide bonds. The van der Waals surface area contributed by atoms with E-state index < -0.39 is 0 Å². The minimum Gasteiger partial charge on any atom is -0.491 e. The third kappa shape index (κ3) is 8.50. The third-order valence-corrected chi connectivity index (χ3v) is 3.80. The summed E-state index contributed by atoms with van der Waals surface area (Å²) in [7, 11) is 0. The van der Waals surface area contributed by atoms with Crippen LogP contribution < -0.4 is 15.8 Å². The Hall–Kier alpha value is -1.36. The van der Waals surface area contributed by atoms with Gasteiger partial charge in [0.2, 0.25) is 5.91 Å². The normalized spacial score (nSPS) is 10.3. The minimum absolute atomic E-state index is 0.0358. The van der Waals surface area contributed by atoms with Crippen LogP contribution in [0.15, 0.2) is 24.3 Å². The second-order valence-corrected chi connectivity index (χ2v) is 5.88. The summed E-state index contributed by atoms with van der Waals surface area (Å²) in [5.41, 5.74) is 6.36. The number of hydrogen-bond acceptors (Lipinski definition) is 4. The number of para-hydroxylation sites is 2. The van der Waals surface area contributed by atoms with Crippen molar-refractivity contribution in [2.75, 3.05) is 30.9 Å². The van der Waals surface area contributed by atoms with Crippen LogP contribution >= 0.6 is 11.8 Å². The van der Waals surface area contributed by atoms with Gasteiger partial charge in [-0.05, 0) is 37.0 Å². The lowest BCUT2D eigenvalue weighted by molar-refractivity contribution is -0.121. The number of thioether (sulfide) groups is 1. The zero-order valence-corrected chi connectivity index (χ0v) is 13.6. The number of benzene rings is 1. The molecule has 0 aliphatic heterocycles. The van der Waals surface area contributed by atoms with Crippen molar-refractivity contribution in [3.63, 3.8) is 0 Å². The van der Waals surface area contributed by atoms with E-state index in [1.54, 1.807) is 6.07 Å². The molecule has 5 heteroatoms. The van der Waals surface area contributed by atoms with E-state index in [4.69, 9.17) is 10.5 Å². The first-order chi connectivity index (χ1) is 10.2. The monoisotopic (exact) mass is 310 g/mol. The molecule has 0 saturated heterocycles. The summed E-state index contributed by atoms with van der Waals surface area (Å²) in [6.45, 7) is 1.11. The number of nitrogen functional groups attached to an aromatic ring is 1. The second kappa shape index (κ2) is 11.3. The molecule has 0 unspecified atom stereocenters. The number of carbonyl (C=O) groups excluding carboxylic acids is 1. The van der Waals surface area contributed by atoms with Crippen molar-refractivity contribution < 1.29 is 9.53 Å². The van der Waals surface area contributed by atoms with Crippen molar-refractivity contribution in [2.24, 2.45) is 0 Å². The number of amides is 1. The average molecular weight is 310 g/mol. The number of ether oxygens (including phenoxy) is 1. The molecule has 0 fully saturated rings. The molecular weight excluding hydrogens is 284 g/mol. The van der Waals surface area contributed by atoms with Crippen molar-refractivity contribution in [1.82, 2.24) is 5.32 Å². The second-order valence-electron chi connectivity index (χ2n) is 4.89. The molecule has 0 spiro atoms. The van der Waals surface area contributed by atoms with Gasteiger partial charge in [-0.2, -0.15) is 11.8 Å². The Kier molecular flexibility index (Phi) is 9.53. The molecule has 0 bridgehead atoms. The van der Waals surface area contributed by atoms with E-state index in [1.165, 1.54) is 25.0 Å². The Morgan fingerprint density at radius 1 is 1.24 bits per heavy atom. The molecule has 3 N–H and O–H groups in total. The van der Waals surface area contributed by atoms with Crippen LogP contribution in [0.1, 0.15) is 32.1 Å². The highest BCUT2D eigenvalue weighted by atomic mass is 32.2. The van der Waals surface area contributed by atoms with E-state index >= 15 is 0 Å². The maximum absolute atomic E-state index is 11.6. The van der Waals surface area contributed by atoms with E-state index in [-0.39, 0.29) is 5.91 Å². The fourth-order valence-electron chi connectivity index (χ4n) is 1.91. The number of hydrogen-bond donors (Lipinski definition) is 2. The first-order valence-electron chi connectivity index (χ1n) is 7.47. The van der Waals surface area contributed by atoms with Crippen molar-refractivity contribution in [3.05, 3.63) is 24.3 Å². The first kappa shape index (κ1) is 17.7. The lowest BCUT2D eigenvalue weighted by atomic mass is 10.2. The summed E-state index contributed by atoms with van der Waals surface area (Å²) in [5, 5.41) is 2.92. The van der Waals surface area contributed by atoms with Crippen molar-refractivity contribution in [2.45, 2.75) is 32.1 Å². The predicted octanol–water partition coefficient (Wildman–Crippen LogP) is 3.08. The number of carbonyl (C=O) groups is 1. The first-order valence-corrected chi connectivity index (χ1v) is 8.86. The van der Waals surface area contributed by atoms with E-state index in [0.717, 1.165) is 13.0 Å². The van der Waals surface area contributed by atoms with Gasteiger partial charge in [-0.15, -0.1) is 0 Å². The molecule has 1 aromatic carbocycles. The molecule has 0 saturated carbocycles. The summed E-state index contributed by atoms with van der Waals surface area (Å²) in [5.74, 6) is 1.90. The fraction of sp³-hybridized carbons (Fsp3) is 0.562. The summed E-state index contributed by atoms with van der Waals surface area (Å²) in [6, 6.07) is 7.31. The van der Waals surface area contributed by atoms with Gasteiger partial charge in [0, 0.05) is 6.54 Å². The molecule has 1 aromatic rings. The SMILES string of the molecule is CSCCCCCCNC(=O)CCOc1ccccc1N. The number of anilines is 1. The van der Waals surface area contributed by atoms with Gasteiger partial charge in [0.1, 0.15) is 5.75 Å². The number of nitrogens with two attached hydrogens (primary N) is 1. The molecule has 1 rings (SSSR count). The van der Waals surface area contributed by atoms with Gasteiger partial charge in [0.25, 0.3) is 0 Å². The molecule has 0 atom stereocenters. The van der Waals surface area contributed by atoms with Crippen LogP contribution in [-0.2, 0) is 4.79 Å². The van der Waals surface area contributed by atoms with Crippen LogP contribution in [0.2, 0.25) is 0 Å². The van der Waals surface area contributed by atoms with Gasteiger partial charge in [-0.3, -0.25) is 4.79 Å². The highest BCUT2D eigenvalue weighted by molar-refractivity contribution is 7.98. The standard InChI is InChI=1S/C16H26N2O2S/c1-21-13-7-3-2-6-11-18-16(19)10-12-20-15-9-5-4-8-14(15)17/h4-5,8-9H,2-3,6-7,10-13,17H2,1H3,(H,18,19). The Bertz CT molecular complexity index is 413. The Morgan fingerprint density at radius 2 is 2.00 bits per heavy atom. The summed E-state index contributed by atoms with van der Waals surface area (Å²) in [4.78, 5) is 11.6.